The highest BCUT2D eigenvalue weighted by molar-refractivity contribution is 7.87. The number of hydrogen-bond donors (Lipinski definition) is 0. The van der Waals surface area contributed by atoms with Crippen molar-refractivity contribution in [1.29, 1.82) is 0 Å². The normalized spacial score (nSPS) is 12.2. The highest BCUT2D eigenvalue weighted by Crippen LogP contribution is 2.35. The SMILES string of the molecule is CCCCCc1cc(OC)cc(OC)c1S(=O)(=O)OCC(F)(F)F. The largest absolute Gasteiger partial charge is 0.497 e. The third-order valence-corrected chi connectivity index (χ3v) is 4.63. The van der Waals surface area contributed by atoms with Crippen molar-refractivity contribution in [3.05, 3.63) is 17.7 Å². The van der Waals surface area contributed by atoms with E-state index in [1.54, 1.807) is 0 Å². The summed E-state index contributed by atoms with van der Waals surface area (Å²) in [4.78, 5) is -0.383. The number of methoxy groups -OCH3 is 2. The van der Waals surface area contributed by atoms with E-state index in [-0.39, 0.29) is 10.6 Å². The Labute approximate surface area is 139 Å². The molecule has 0 spiro atoms. The molecule has 9 heteroatoms. The van der Waals surface area contributed by atoms with Gasteiger partial charge < -0.3 is 9.47 Å². The molecule has 0 saturated heterocycles. The first-order valence-electron chi connectivity index (χ1n) is 7.35. The minimum absolute atomic E-state index is 0.108. The molecule has 138 valence electrons. The summed E-state index contributed by atoms with van der Waals surface area (Å²) < 4.78 is 75.8. The molecule has 5 nitrogen and oxygen atoms in total. The predicted octanol–water partition coefficient (Wildman–Crippen LogP) is 3.70. The second-order valence-corrected chi connectivity index (χ2v) is 6.66. The summed E-state index contributed by atoms with van der Waals surface area (Å²) in [5, 5.41) is 0. The van der Waals surface area contributed by atoms with Crippen molar-refractivity contribution < 1.29 is 35.2 Å². The topological polar surface area (TPSA) is 61.8 Å². The smallest absolute Gasteiger partial charge is 0.413 e. The number of aryl methyl sites for hydroxylation is 1. The van der Waals surface area contributed by atoms with E-state index in [2.05, 4.69) is 4.18 Å². The van der Waals surface area contributed by atoms with Crippen molar-refractivity contribution in [1.82, 2.24) is 0 Å². The first kappa shape index (κ1) is 20.6. The number of ether oxygens (including phenoxy) is 2. The Kier molecular flexibility index (Phi) is 7.34. The highest BCUT2D eigenvalue weighted by Gasteiger charge is 2.34. The fraction of sp³-hybridized carbons (Fsp3) is 0.600. The highest BCUT2D eigenvalue weighted by atomic mass is 32.2. The van der Waals surface area contributed by atoms with Gasteiger partial charge in [-0.2, -0.15) is 21.6 Å². The molecule has 1 aromatic carbocycles. The molecule has 0 N–H and O–H groups in total. The average Bonchev–Trinajstić information content (AvgIpc) is 2.51. The Morgan fingerprint density at radius 3 is 2.25 bits per heavy atom. The Bertz CT molecular complexity index is 641. The monoisotopic (exact) mass is 370 g/mol. The number of halogens is 3. The van der Waals surface area contributed by atoms with E-state index in [0.29, 0.717) is 24.2 Å². The van der Waals surface area contributed by atoms with Gasteiger partial charge in [-0.15, -0.1) is 0 Å². The van der Waals surface area contributed by atoms with Gasteiger partial charge in [0.15, 0.2) is 6.61 Å². The second-order valence-electron chi connectivity index (χ2n) is 5.11. The predicted molar refractivity (Wildman–Crippen MR) is 82.0 cm³/mol. The van der Waals surface area contributed by atoms with E-state index in [4.69, 9.17) is 9.47 Å². The van der Waals surface area contributed by atoms with Crippen LogP contribution in [0.2, 0.25) is 0 Å². The Morgan fingerprint density at radius 2 is 1.75 bits per heavy atom. The van der Waals surface area contributed by atoms with Gasteiger partial charge in [-0.3, -0.25) is 4.18 Å². The van der Waals surface area contributed by atoms with Gasteiger partial charge >= 0.3 is 16.3 Å². The average molecular weight is 370 g/mol. The van der Waals surface area contributed by atoms with Gasteiger partial charge in [0.25, 0.3) is 0 Å². The third kappa shape index (κ3) is 5.86. The van der Waals surface area contributed by atoms with Crippen LogP contribution in [0.15, 0.2) is 17.0 Å². The van der Waals surface area contributed by atoms with Gasteiger partial charge in [0, 0.05) is 6.07 Å². The fourth-order valence-electron chi connectivity index (χ4n) is 2.14. The zero-order chi connectivity index (χ0) is 18.4. The van der Waals surface area contributed by atoms with Crippen molar-refractivity contribution in [2.45, 2.75) is 43.7 Å². The van der Waals surface area contributed by atoms with Crippen LogP contribution in [0.1, 0.15) is 31.7 Å². The molecule has 0 saturated carbocycles. The van der Waals surface area contributed by atoms with E-state index in [1.807, 2.05) is 6.92 Å². The van der Waals surface area contributed by atoms with Gasteiger partial charge in [-0.25, -0.2) is 0 Å². The van der Waals surface area contributed by atoms with Crippen LogP contribution in [0.25, 0.3) is 0 Å². The molecule has 1 rings (SSSR count). The van der Waals surface area contributed by atoms with Gasteiger partial charge in [-0.05, 0) is 24.5 Å². The van der Waals surface area contributed by atoms with Crippen LogP contribution >= 0.6 is 0 Å². The lowest BCUT2D eigenvalue weighted by Crippen LogP contribution is -2.21. The summed E-state index contributed by atoms with van der Waals surface area (Å²) in [5.74, 6) is 0.246. The summed E-state index contributed by atoms with van der Waals surface area (Å²) in [7, 11) is -2.00. The number of unbranched alkanes of at least 4 members (excludes halogenated alkanes) is 2. The van der Waals surface area contributed by atoms with Crippen LogP contribution < -0.4 is 9.47 Å². The van der Waals surface area contributed by atoms with E-state index in [0.717, 1.165) is 12.8 Å². The summed E-state index contributed by atoms with van der Waals surface area (Å²) in [5.41, 5.74) is 0.307. The van der Waals surface area contributed by atoms with Crippen LogP contribution in [0.5, 0.6) is 11.5 Å². The molecule has 0 fully saturated rings. The number of benzene rings is 1. The van der Waals surface area contributed by atoms with Gasteiger partial charge in [0.1, 0.15) is 16.4 Å². The molecule has 0 aromatic heterocycles. The first-order chi connectivity index (χ1) is 11.1. The molecular formula is C15H21F3O5S. The molecule has 0 amide bonds. The maximum Gasteiger partial charge on any atom is 0.413 e. The fourth-order valence-corrected chi connectivity index (χ4v) is 3.42. The summed E-state index contributed by atoms with van der Waals surface area (Å²) in [6.45, 7) is 0.0924. The second kappa shape index (κ2) is 8.57. The molecule has 0 heterocycles. The lowest BCUT2D eigenvalue weighted by molar-refractivity contribution is -0.152. The third-order valence-electron chi connectivity index (χ3n) is 3.24. The molecule has 0 aliphatic rings. The Morgan fingerprint density at radius 1 is 1.08 bits per heavy atom. The Balaban J connectivity index is 3.30. The molecule has 0 atom stereocenters. The van der Waals surface area contributed by atoms with E-state index in [1.165, 1.54) is 26.4 Å². The lowest BCUT2D eigenvalue weighted by atomic mass is 10.1. The molecule has 0 unspecified atom stereocenters. The molecule has 0 aliphatic carbocycles. The molecule has 24 heavy (non-hydrogen) atoms. The van der Waals surface area contributed by atoms with Crippen molar-refractivity contribution in [2.75, 3.05) is 20.8 Å². The minimum atomic E-state index is -4.75. The van der Waals surface area contributed by atoms with Crippen LogP contribution in [0, 0.1) is 0 Å². The van der Waals surface area contributed by atoms with Crippen LogP contribution in [0.4, 0.5) is 13.2 Å². The van der Waals surface area contributed by atoms with Crippen LogP contribution in [0.3, 0.4) is 0 Å². The molecule has 0 aliphatic heterocycles. The van der Waals surface area contributed by atoms with E-state index in [9.17, 15) is 21.6 Å². The van der Waals surface area contributed by atoms with Crippen LogP contribution in [-0.2, 0) is 20.7 Å². The van der Waals surface area contributed by atoms with Gasteiger partial charge in [0.05, 0.1) is 14.2 Å². The van der Waals surface area contributed by atoms with Gasteiger partial charge in [0.2, 0.25) is 0 Å². The van der Waals surface area contributed by atoms with Crippen molar-refractivity contribution in [2.24, 2.45) is 0 Å². The molecular weight excluding hydrogens is 349 g/mol. The van der Waals surface area contributed by atoms with Crippen molar-refractivity contribution in [3.63, 3.8) is 0 Å². The van der Waals surface area contributed by atoms with Gasteiger partial charge in [-0.1, -0.05) is 19.8 Å². The molecule has 1 aromatic rings. The molecule has 0 bridgehead atoms. The number of rotatable bonds is 9. The lowest BCUT2D eigenvalue weighted by Gasteiger charge is -2.16. The Hall–Kier alpha value is -1.48. The van der Waals surface area contributed by atoms with E-state index < -0.39 is 22.9 Å². The zero-order valence-corrected chi connectivity index (χ0v) is 14.6. The quantitative estimate of drug-likeness (QED) is 0.490. The van der Waals surface area contributed by atoms with Crippen molar-refractivity contribution >= 4 is 10.1 Å². The zero-order valence-electron chi connectivity index (χ0n) is 13.8. The summed E-state index contributed by atoms with van der Waals surface area (Å²) in [6.07, 6.45) is -1.97. The summed E-state index contributed by atoms with van der Waals surface area (Å²) in [6, 6.07) is 2.77. The van der Waals surface area contributed by atoms with E-state index >= 15 is 0 Å². The number of hydrogen-bond acceptors (Lipinski definition) is 5. The number of alkyl halides is 3. The minimum Gasteiger partial charge on any atom is -0.497 e. The maximum atomic E-state index is 12.3. The standard InChI is InChI=1S/C15H21F3O5S/c1-4-5-6-7-11-8-12(21-2)9-13(22-3)14(11)24(19,20)23-10-15(16,17)18/h8-9H,4-7,10H2,1-3H3. The van der Waals surface area contributed by atoms with Crippen molar-refractivity contribution in [3.8, 4) is 11.5 Å². The van der Waals surface area contributed by atoms with Crippen LogP contribution in [-0.4, -0.2) is 35.4 Å². The molecule has 0 radical (unpaired) electrons. The first-order valence-corrected chi connectivity index (χ1v) is 8.76. The maximum absolute atomic E-state index is 12.3. The summed E-state index contributed by atoms with van der Waals surface area (Å²) >= 11 is 0.